The third-order valence-corrected chi connectivity index (χ3v) is 4.68. The number of non-ortho nitro benzene ring substituents is 1. The van der Waals surface area contributed by atoms with E-state index in [0.717, 1.165) is 0 Å². The minimum absolute atomic E-state index is 0.0712. The first-order valence-corrected chi connectivity index (χ1v) is 9.37. The van der Waals surface area contributed by atoms with Crippen LogP contribution in [0.1, 0.15) is 19.8 Å². The lowest BCUT2D eigenvalue weighted by Gasteiger charge is -2.32. The van der Waals surface area contributed by atoms with Gasteiger partial charge in [0, 0.05) is 32.3 Å². The molecule has 2 rings (SSSR count). The average Bonchev–Trinajstić information content (AvgIpc) is 2.72. The first-order valence-electron chi connectivity index (χ1n) is 9.37. The van der Waals surface area contributed by atoms with Gasteiger partial charge in [-0.2, -0.15) is 0 Å². The first kappa shape index (κ1) is 22.1. The van der Waals surface area contributed by atoms with Gasteiger partial charge in [-0.3, -0.25) is 24.5 Å². The summed E-state index contributed by atoms with van der Waals surface area (Å²) in [5.41, 5.74) is -0.0712. The van der Waals surface area contributed by atoms with Crippen molar-refractivity contribution in [2.45, 2.75) is 19.8 Å². The number of hydrogen-bond donors (Lipinski definition) is 0. The molecule has 158 valence electrons. The van der Waals surface area contributed by atoms with Gasteiger partial charge in [-0.05, 0) is 31.9 Å². The highest BCUT2D eigenvalue weighted by Gasteiger charge is 2.29. The summed E-state index contributed by atoms with van der Waals surface area (Å²) < 4.78 is 10.3. The lowest BCUT2D eigenvalue weighted by molar-refractivity contribution is -0.384. The summed E-state index contributed by atoms with van der Waals surface area (Å²) in [6.45, 7) is 2.62. The fraction of sp³-hybridized carbons (Fsp3) is 0.526. The van der Waals surface area contributed by atoms with Crippen LogP contribution in [-0.4, -0.2) is 72.4 Å². The summed E-state index contributed by atoms with van der Waals surface area (Å²) in [5.74, 6) is -0.676. The Morgan fingerprint density at radius 2 is 1.83 bits per heavy atom. The number of carbonyl (C=O) groups is 3. The normalized spacial score (nSPS) is 14.2. The fourth-order valence-corrected chi connectivity index (χ4v) is 2.94. The van der Waals surface area contributed by atoms with E-state index in [9.17, 15) is 24.5 Å². The predicted molar refractivity (Wildman–Crippen MR) is 102 cm³/mol. The standard InChI is InChI=1S/C19H25N3O7/c1-3-28-19(25)14-8-10-21(11-9-14)17(23)12-20(2)18(24)13-29-16-6-4-15(5-7-16)22(26)27/h4-7,14H,3,8-13H2,1-2H3. The molecule has 0 bridgehead atoms. The molecule has 1 aromatic carbocycles. The maximum Gasteiger partial charge on any atom is 0.309 e. The van der Waals surface area contributed by atoms with Crippen molar-refractivity contribution in [1.29, 1.82) is 0 Å². The van der Waals surface area contributed by atoms with E-state index in [1.165, 1.54) is 36.2 Å². The van der Waals surface area contributed by atoms with Crippen LogP contribution in [0.5, 0.6) is 5.75 Å². The molecule has 10 nitrogen and oxygen atoms in total. The number of piperidine rings is 1. The average molecular weight is 407 g/mol. The van der Waals surface area contributed by atoms with Gasteiger partial charge in [0.25, 0.3) is 11.6 Å². The van der Waals surface area contributed by atoms with E-state index in [2.05, 4.69) is 0 Å². The van der Waals surface area contributed by atoms with Crippen molar-refractivity contribution in [3.63, 3.8) is 0 Å². The molecule has 0 aromatic heterocycles. The number of likely N-dealkylation sites (tertiary alicyclic amines) is 1. The number of nitrogens with zero attached hydrogens (tertiary/aromatic N) is 3. The van der Waals surface area contributed by atoms with Crippen LogP contribution < -0.4 is 4.74 Å². The molecule has 29 heavy (non-hydrogen) atoms. The van der Waals surface area contributed by atoms with Gasteiger partial charge in [-0.15, -0.1) is 0 Å². The molecule has 1 aromatic rings. The second-order valence-corrected chi connectivity index (χ2v) is 6.70. The number of carbonyl (C=O) groups excluding carboxylic acids is 3. The number of nitro benzene ring substituents is 1. The van der Waals surface area contributed by atoms with Gasteiger partial charge in [-0.1, -0.05) is 0 Å². The first-order chi connectivity index (χ1) is 13.8. The van der Waals surface area contributed by atoms with Crippen molar-refractivity contribution in [2.75, 3.05) is 39.9 Å². The Bertz CT molecular complexity index is 743. The van der Waals surface area contributed by atoms with E-state index in [4.69, 9.17) is 9.47 Å². The van der Waals surface area contributed by atoms with Crippen molar-refractivity contribution in [2.24, 2.45) is 5.92 Å². The van der Waals surface area contributed by atoms with Crippen molar-refractivity contribution in [3.8, 4) is 5.75 Å². The number of benzene rings is 1. The van der Waals surface area contributed by atoms with Crippen LogP contribution in [-0.2, 0) is 19.1 Å². The third-order valence-electron chi connectivity index (χ3n) is 4.68. The molecule has 1 fully saturated rings. The Hall–Kier alpha value is -3.17. The molecule has 0 aliphatic carbocycles. The minimum Gasteiger partial charge on any atom is -0.484 e. The molecule has 0 radical (unpaired) electrons. The van der Waals surface area contributed by atoms with Crippen molar-refractivity contribution in [1.82, 2.24) is 9.80 Å². The molecule has 0 atom stereocenters. The maximum atomic E-state index is 12.4. The number of nitro groups is 1. The quantitative estimate of drug-likeness (QED) is 0.361. The number of likely N-dealkylation sites (N-methyl/N-ethyl adjacent to an activating group) is 1. The zero-order chi connectivity index (χ0) is 21.4. The Morgan fingerprint density at radius 1 is 1.21 bits per heavy atom. The Balaban J connectivity index is 1.75. The second-order valence-electron chi connectivity index (χ2n) is 6.70. The van der Waals surface area contributed by atoms with Crippen molar-refractivity contribution < 1.29 is 28.8 Å². The molecule has 0 N–H and O–H groups in total. The van der Waals surface area contributed by atoms with Gasteiger partial charge in [0.05, 0.1) is 24.0 Å². The maximum absolute atomic E-state index is 12.4. The Morgan fingerprint density at radius 3 is 2.38 bits per heavy atom. The summed E-state index contributed by atoms with van der Waals surface area (Å²) in [5, 5.41) is 10.6. The molecular formula is C19H25N3O7. The largest absolute Gasteiger partial charge is 0.484 e. The Kier molecular flexibility index (Phi) is 7.93. The fourth-order valence-electron chi connectivity index (χ4n) is 2.94. The van der Waals surface area contributed by atoms with Gasteiger partial charge < -0.3 is 19.3 Å². The highest BCUT2D eigenvalue weighted by Crippen LogP contribution is 2.19. The third kappa shape index (κ3) is 6.44. The van der Waals surface area contributed by atoms with E-state index in [1.54, 1.807) is 11.8 Å². The lowest BCUT2D eigenvalue weighted by atomic mass is 9.97. The predicted octanol–water partition coefficient (Wildman–Crippen LogP) is 1.23. The molecule has 0 unspecified atom stereocenters. The van der Waals surface area contributed by atoms with E-state index in [1.807, 2.05) is 0 Å². The smallest absolute Gasteiger partial charge is 0.309 e. The molecular weight excluding hydrogens is 382 g/mol. The molecule has 1 aliphatic rings. The minimum atomic E-state index is -0.524. The monoisotopic (exact) mass is 407 g/mol. The summed E-state index contributed by atoms with van der Waals surface area (Å²) in [7, 11) is 1.50. The van der Waals surface area contributed by atoms with Gasteiger partial charge in [0.1, 0.15) is 5.75 Å². The molecule has 0 spiro atoms. The molecule has 1 aliphatic heterocycles. The summed E-state index contributed by atoms with van der Waals surface area (Å²) in [4.78, 5) is 49.3. The molecule has 1 heterocycles. The Labute approximate surface area is 168 Å². The van der Waals surface area contributed by atoms with Crippen LogP contribution in [0.3, 0.4) is 0 Å². The number of esters is 1. The number of amides is 2. The van der Waals surface area contributed by atoms with Crippen LogP contribution in [0.15, 0.2) is 24.3 Å². The number of hydrogen-bond acceptors (Lipinski definition) is 7. The summed E-state index contributed by atoms with van der Waals surface area (Å²) in [6, 6.07) is 5.38. The number of ether oxygens (including phenoxy) is 2. The van der Waals surface area contributed by atoms with Gasteiger partial charge in [0.2, 0.25) is 5.91 Å². The highest BCUT2D eigenvalue weighted by atomic mass is 16.6. The van der Waals surface area contributed by atoms with E-state index in [-0.39, 0.29) is 36.6 Å². The zero-order valence-electron chi connectivity index (χ0n) is 16.5. The van der Waals surface area contributed by atoms with Crippen molar-refractivity contribution in [3.05, 3.63) is 34.4 Å². The molecule has 2 amide bonds. The van der Waals surface area contributed by atoms with E-state index < -0.39 is 10.8 Å². The summed E-state index contributed by atoms with van der Waals surface area (Å²) >= 11 is 0. The molecule has 10 heteroatoms. The zero-order valence-corrected chi connectivity index (χ0v) is 16.5. The highest BCUT2D eigenvalue weighted by molar-refractivity contribution is 5.85. The van der Waals surface area contributed by atoms with Crippen LogP contribution in [0, 0.1) is 16.0 Å². The van der Waals surface area contributed by atoms with E-state index in [0.29, 0.717) is 38.3 Å². The van der Waals surface area contributed by atoms with Gasteiger partial charge in [-0.25, -0.2) is 0 Å². The van der Waals surface area contributed by atoms with Crippen LogP contribution in [0.25, 0.3) is 0 Å². The van der Waals surface area contributed by atoms with Gasteiger partial charge in [0.15, 0.2) is 6.61 Å². The lowest BCUT2D eigenvalue weighted by Crippen LogP contribution is -2.46. The topological polar surface area (TPSA) is 119 Å². The second kappa shape index (κ2) is 10.4. The van der Waals surface area contributed by atoms with Crippen LogP contribution in [0.4, 0.5) is 5.69 Å². The van der Waals surface area contributed by atoms with Crippen LogP contribution in [0.2, 0.25) is 0 Å². The van der Waals surface area contributed by atoms with Gasteiger partial charge >= 0.3 is 5.97 Å². The SMILES string of the molecule is CCOC(=O)C1CCN(C(=O)CN(C)C(=O)COc2ccc([N+](=O)[O-])cc2)CC1. The molecule has 1 saturated heterocycles. The van der Waals surface area contributed by atoms with Crippen LogP contribution >= 0.6 is 0 Å². The summed E-state index contributed by atoms with van der Waals surface area (Å²) in [6.07, 6.45) is 1.09. The molecule has 0 saturated carbocycles. The number of rotatable bonds is 8. The van der Waals surface area contributed by atoms with E-state index >= 15 is 0 Å². The van der Waals surface area contributed by atoms with Crippen molar-refractivity contribution >= 4 is 23.5 Å².